The van der Waals surface area contributed by atoms with Crippen LogP contribution in [-0.4, -0.2) is 18.0 Å². The average Bonchev–Trinajstić information content (AvgIpc) is 2.22. The van der Waals surface area contributed by atoms with Crippen LogP contribution in [0.25, 0.3) is 0 Å². The van der Waals surface area contributed by atoms with E-state index in [4.69, 9.17) is 5.73 Å². The van der Waals surface area contributed by atoms with Gasteiger partial charge in [-0.3, -0.25) is 4.90 Å². The zero-order valence-corrected chi connectivity index (χ0v) is 10.5. The lowest BCUT2D eigenvalue weighted by molar-refractivity contribution is 0.200. The predicted octanol–water partition coefficient (Wildman–Crippen LogP) is 2.88. The van der Waals surface area contributed by atoms with Gasteiger partial charge in [-0.05, 0) is 37.6 Å². The van der Waals surface area contributed by atoms with Gasteiger partial charge in [0.2, 0.25) is 0 Å². The molecule has 0 spiro atoms. The third kappa shape index (κ3) is 3.20. The van der Waals surface area contributed by atoms with Gasteiger partial charge < -0.3 is 5.73 Å². The second-order valence-corrected chi connectivity index (χ2v) is 4.76. The molecular formula is C13H21FN2. The second kappa shape index (κ2) is 5.30. The number of nitrogen functional groups attached to an aromatic ring is 1. The molecule has 0 aliphatic carbocycles. The van der Waals surface area contributed by atoms with Crippen LogP contribution < -0.4 is 5.73 Å². The zero-order chi connectivity index (χ0) is 12.3. The molecule has 1 unspecified atom stereocenters. The number of halogens is 1. The van der Waals surface area contributed by atoms with Crippen molar-refractivity contribution in [3.05, 3.63) is 29.6 Å². The lowest BCUT2D eigenvalue weighted by atomic mass is 10.0. The molecule has 0 saturated heterocycles. The van der Waals surface area contributed by atoms with Crippen molar-refractivity contribution in [2.75, 3.05) is 12.8 Å². The van der Waals surface area contributed by atoms with Gasteiger partial charge >= 0.3 is 0 Å². The van der Waals surface area contributed by atoms with E-state index in [1.165, 1.54) is 6.07 Å². The maximum absolute atomic E-state index is 13.2. The molecule has 0 radical (unpaired) electrons. The summed E-state index contributed by atoms with van der Waals surface area (Å²) in [6.07, 6.45) is 0. The number of anilines is 1. The van der Waals surface area contributed by atoms with Crippen LogP contribution in [0.4, 0.5) is 10.1 Å². The number of hydrogen-bond donors (Lipinski definition) is 1. The van der Waals surface area contributed by atoms with E-state index in [1.54, 1.807) is 6.07 Å². The Labute approximate surface area is 97.3 Å². The van der Waals surface area contributed by atoms with Gasteiger partial charge in [0.1, 0.15) is 5.82 Å². The highest BCUT2D eigenvalue weighted by Crippen LogP contribution is 2.16. The van der Waals surface area contributed by atoms with E-state index >= 15 is 0 Å². The standard InChI is InChI=1S/C13H21FN2/c1-9(2)10(3)16(4)8-11-5-6-13(15)12(14)7-11/h5-7,9-10H,8,15H2,1-4H3. The Morgan fingerprint density at radius 3 is 2.44 bits per heavy atom. The fourth-order valence-corrected chi connectivity index (χ4v) is 1.61. The molecule has 16 heavy (non-hydrogen) atoms. The predicted molar refractivity (Wildman–Crippen MR) is 66.6 cm³/mol. The quantitative estimate of drug-likeness (QED) is 0.797. The molecule has 1 atom stereocenters. The van der Waals surface area contributed by atoms with E-state index in [0.29, 0.717) is 12.0 Å². The molecule has 1 aromatic rings. The Balaban J connectivity index is 2.69. The van der Waals surface area contributed by atoms with Crippen molar-refractivity contribution in [1.29, 1.82) is 0 Å². The van der Waals surface area contributed by atoms with Crippen molar-refractivity contribution >= 4 is 5.69 Å². The van der Waals surface area contributed by atoms with Crippen molar-refractivity contribution in [3.8, 4) is 0 Å². The molecule has 2 N–H and O–H groups in total. The minimum Gasteiger partial charge on any atom is -0.396 e. The third-order valence-corrected chi connectivity index (χ3v) is 3.16. The summed E-state index contributed by atoms with van der Waals surface area (Å²) >= 11 is 0. The summed E-state index contributed by atoms with van der Waals surface area (Å²) in [4.78, 5) is 2.22. The fraction of sp³-hybridized carbons (Fsp3) is 0.538. The summed E-state index contributed by atoms with van der Waals surface area (Å²) in [6, 6.07) is 5.49. The summed E-state index contributed by atoms with van der Waals surface area (Å²) in [5.74, 6) is 0.256. The molecule has 90 valence electrons. The highest BCUT2D eigenvalue weighted by atomic mass is 19.1. The summed E-state index contributed by atoms with van der Waals surface area (Å²) in [7, 11) is 2.05. The zero-order valence-electron chi connectivity index (χ0n) is 10.5. The van der Waals surface area contributed by atoms with E-state index in [0.717, 1.165) is 12.1 Å². The van der Waals surface area contributed by atoms with Crippen LogP contribution in [-0.2, 0) is 6.54 Å². The molecule has 0 fully saturated rings. The maximum atomic E-state index is 13.2. The van der Waals surface area contributed by atoms with Crippen molar-refractivity contribution in [3.63, 3.8) is 0 Å². The van der Waals surface area contributed by atoms with Gasteiger partial charge in [0.15, 0.2) is 0 Å². The van der Waals surface area contributed by atoms with Crippen LogP contribution in [0.15, 0.2) is 18.2 Å². The average molecular weight is 224 g/mol. The number of nitrogens with two attached hydrogens (primary N) is 1. The van der Waals surface area contributed by atoms with Crippen molar-refractivity contribution in [1.82, 2.24) is 4.90 Å². The molecule has 2 nitrogen and oxygen atoms in total. The molecule has 1 rings (SSSR count). The SMILES string of the molecule is CC(C)C(C)N(C)Cc1ccc(N)c(F)c1. The Bertz CT molecular complexity index is 350. The summed E-state index contributed by atoms with van der Waals surface area (Å²) in [5.41, 5.74) is 6.61. The molecule has 0 aromatic heterocycles. The topological polar surface area (TPSA) is 29.3 Å². The lowest BCUT2D eigenvalue weighted by Gasteiger charge is -2.27. The van der Waals surface area contributed by atoms with Crippen LogP contribution >= 0.6 is 0 Å². The van der Waals surface area contributed by atoms with E-state index in [1.807, 2.05) is 6.07 Å². The highest BCUT2D eigenvalue weighted by Gasteiger charge is 2.13. The molecule has 0 bridgehead atoms. The molecule has 0 heterocycles. The first-order valence-corrected chi connectivity index (χ1v) is 5.66. The Morgan fingerprint density at radius 1 is 1.31 bits per heavy atom. The molecule has 3 heteroatoms. The molecule has 0 amide bonds. The number of benzene rings is 1. The van der Waals surface area contributed by atoms with Gasteiger partial charge in [-0.2, -0.15) is 0 Å². The molecular weight excluding hydrogens is 203 g/mol. The molecule has 0 aliphatic heterocycles. The smallest absolute Gasteiger partial charge is 0.146 e. The van der Waals surface area contributed by atoms with Gasteiger partial charge in [0.05, 0.1) is 5.69 Å². The normalized spacial score (nSPS) is 13.4. The van der Waals surface area contributed by atoms with Crippen molar-refractivity contribution < 1.29 is 4.39 Å². The molecule has 1 aromatic carbocycles. The number of rotatable bonds is 4. The number of nitrogens with zero attached hydrogens (tertiary/aromatic N) is 1. The van der Waals surface area contributed by atoms with Crippen molar-refractivity contribution in [2.45, 2.75) is 33.4 Å². The third-order valence-electron chi connectivity index (χ3n) is 3.16. The van der Waals surface area contributed by atoms with Crippen LogP contribution in [0.5, 0.6) is 0 Å². The van der Waals surface area contributed by atoms with E-state index in [9.17, 15) is 4.39 Å². The highest BCUT2D eigenvalue weighted by molar-refractivity contribution is 5.41. The Morgan fingerprint density at radius 2 is 1.94 bits per heavy atom. The largest absolute Gasteiger partial charge is 0.396 e. The lowest BCUT2D eigenvalue weighted by Crippen LogP contribution is -2.32. The van der Waals surface area contributed by atoms with Gasteiger partial charge in [-0.1, -0.05) is 19.9 Å². The second-order valence-electron chi connectivity index (χ2n) is 4.76. The first kappa shape index (κ1) is 13.0. The minimum atomic E-state index is -0.330. The van der Waals surface area contributed by atoms with E-state index in [2.05, 4.69) is 32.7 Å². The van der Waals surface area contributed by atoms with E-state index < -0.39 is 0 Å². The first-order valence-electron chi connectivity index (χ1n) is 5.66. The van der Waals surface area contributed by atoms with Crippen LogP contribution in [0, 0.1) is 11.7 Å². The van der Waals surface area contributed by atoms with Crippen LogP contribution in [0.3, 0.4) is 0 Å². The summed E-state index contributed by atoms with van der Waals surface area (Å²) in [6.45, 7) is 7.30. The minimum absolute atomic E-state index is 0.211. The maximum Gasteiger partial charge on any atom is 0.146 e. The van der Waals surface area contributed by atoms with Gasteiger partial charge in [-0.25, -0.2) is 4.39 Å². The fourth-order valence-electron chi connectivity index (χ4n) is 1.61. The van der Waals surface area contributed by atoms with Gasteiger partial charge in [0, 0.05) is 12.6 Å². The molecule has 0 saturated carbocycles. The monoisotopic (exact) mass is 224 g/mol. The van der Waals surface area contributed by atoms with Gasteiger partial charge in [0.25, 0.3) is 0 Å². The van der Waals surface area contributed by atoms with Crippen LogP contribution in [0.1, 0.15) is 26.3 Å². The van der Waals surface area contributed by atoms with Crippen molar-refractivity contribution in [2.24, 2.45) is 5.92 Å². The Hall–Kier alpha value is -1.09. The number of hydrogen-bond acceptors (Lipinski definition) is 2. The summed E-state index contributed by atoms with van der Waals surface area (Å²) in [5, 5.41) is 0. The van der Waals surface area contributed by atoms with E-state index in [-0.39, 0.29) is 11.5 Å². The Kier molecular flexibility index (Phi) is 4.30. The van der Waals surface area contributed by atoms with Gasteiger partial charge in [-0.15, -0.1) is 0 Å². The first-order chi connectivity index (χ1) is 7.41. The van der Waals surface area contributed by atoms with Crippen LogP contribution in [0.2, 0.25) is 0 Å². The summed E-state index contributed by atoms with van der Waals surface area (Å²) < 4.78 is 13.2. The molecule has 0 aliphatic rings.